The highest BCUT2D eigenvalue weighted by molar-refractivity contribution is 5.85. The fraction of sp³-hybridized carbons (Fsp3) is 0.750. The molecule has 0 amide bonds. The van der Waals surface area contributed by atoms with Crippen LogP contribution in [0.3, 0.4) is 0 Å². The van der Waals surface area contributed by atoms with Gasteiger partial charge in [0.05, 0.1) is 0 Å². The Morgan fingerprint density at radius 2 is 2.18 bits per heavy atom. The van der Waals surface area contributed by atoms with Crippen LogP contribution >= 0.6 is 12.4 Å². The molecule has 11 heavy (non-hydrogen) atoms. The van der Waals surface area contributed by atoms with Gasteiger partial charge in [0, 0.05) is 26.3 Å². The Bertz CT molecular complexity index is 125. The van der Waals surface area contributed by atoms with Crippen LogP contribution in [-0.2, 0) is 0 Å². The Morgan fingerprint density at radius 3 is 2.64 bits per heavy atom. The van der Waals surface area contributed by atoms with Crippen LogP contribution in [0, 0.1) is 0 Å². The maximum atomic E-state index is 2.34. The van der Waals surface area contributed by atoms with Crippen LogP contribution in [-0.4, -0.2) is 30.2 Å². The first kappa shape index (κ1) is 10.8. The van der Waals surface area contributed by atoms with E-state index in [0.29, 0.717) is 0 Å². The van der Waals surface area contributed by atoms with E-state index in [-0.39, 0.29) is 12.4 Å². The number of unbranched alkanes of at least 4 members (excludes halogenated alkanes) is 1. The molecular weight excluding hydrogens is 160 g/mol. The molecule has 0 N–H and O–H groups in total. The van der Waals surface area contributed by atoms with E-state index in [4.69, 9.17) is 0 Å². The third-order valence-corrected chi connectivity index (χ3v) is 1.85. The molecule has 1 aliphatic heterocycles. The third-order valence-electron chi connectivity index (χ3n) is 1.85. The standard InChI is InChI=1S/C8H16N2.ClH/c1-3-4-7-10-8-5-6-9(10)2;/h5-6H,3-4,7-8H2,1-2H3;1H. The highest BCUT2D eigenvalue weighted by atomic mass is 35.5. The maximum Gasteiger partial charge on any atom is 0.0378 e. The second-order valence-corrected chi connectivity index (χ2v) is 2.72. The average Bonchev–Trinajstić information content (AvgIpc) is 2.31. The molecule has 0 unspecified atom stereocenters. The zero-order valence-corrected chi connectivity index (χ0v) is 8.10. The fourth-order valence-corrected chi connectivity index (χ4v) is 1.13. The lowest BCUT2D eigenvalue weighted by Gasteiger charge is -2.24. The van der Waals surface area contributed by atoms with Gasteiger partial charge in [0.2, 0.25) is 0 Å². The molecule has 0 saturated carbocycles. The summed E-state index contributed by atoms with van der Waals surface area (Å²) in [6.45, 7) is 4.51. The lowest BCUT2D eigenvalue weighted by Crippen LogP contribution is -2.32. The SMILES string of the molecule is CCCCN1CC=CN1C.Cl. The van der Waals surface area contributed by atoms with Gasteiger partial charge >= 0.3 is 0 Å². The molecule has 0 bridgehead atoms. The molecule has 0 aromatic rings. The van der Waals surface area contributed by atoms with Crippen LogP contribution in [0.15, 0.2) is 12.3 Å². The number of nitrogens with zero attached hydrogens (tertiary/aromatic N) is 2. The molecule has 66 valence electrons. The summed E-state index contributed by atoms with van der Waals surface area (Å²) < 4.78 is 0. The van der Waals surface area contributed by atoms with Crippen LogP contribution in [0.5, 0.6) is 0 Å². The van der Waals surface area contributed by atoms with Crippen molar-refractivity contribution in [3.05, 3.63) is 12.3 Å². The summed E-state index contributed by atoms with van der Waals surface area (Å²) in [5.41, 5.74) is 0. The Hall–Kier alpha value is -0.210. The molecule has 3 heteroatoms. The highest BCUT2D eigenvalue weighted by Gasteiger charge is 2.09. The van der Waals surface area contributed by atoms with Gasteiger partial charge in [-0.25, -0.2) is 5.01 Å². The second kappa shape index (κ2) is 5.44. The minimum atomic E-state index is 0. The van der Waals surface area contributed by atoms with Crippen molar-refractivity contribution in [2.75, 3.05) is 20.1 Å². The molecule has 0 fully saturated rings. The van der Waals surface area contributed by atoms with E-state index in [1.54, 1.807) is 0 Å². The first-order chi connectivity index (χ1) is 4.84. The molecule has 0 aliphatic carbocycles. The van der Waals surface area contributed by atoms with Crippen molar-refractivity contribution in [2.24, 2.45) is 0 Å². The van der Waals surface area contributed by atoms with E-state index in [0.717, 1.165) is 6.54 Å². The largest absolute Gasteiger partial charge is 0.316 e. The van der Waals surface area contributed by atoms with Crippen molar-refractivity contribution in [3.8, 4) is 0 Å². The van der Waals surface area contributed by atoms with Crippen molar-refractivity contribution in [1.29, 1.82) is 0 Å². The molecule has 0 radical (unpaired) electrons. The summed E-state index contributed by atoms with van der Waals surface area (Å²) in [5.74, 6) is 0. The van der Waals surface area contributed by atoms with Crippen LogP contribution in [0.4, 0.5) is 0 Å². The zero-order valence-electron chi connectivity index (χ0n) is 7.29. The van der Waals surface area contributed by atoms with Crippen molar-refractivity contribution in [3.63, 3.8) is 0 Å². The van der Waals surface area contributed by atoms with Gasteiger partial charge in [0.15, 0.2) is 0 Å². The van der Waals surface area contributed by atoms with Crippen LogP contribution < -0.4 is 0 Å². The summed E-state index contributed by atoms with van der Waals surface area (Å²) in [5, 5.41) is 4.50. The molecule has 1 heterocycles. The van der Waals surface area contributed by atoms with Crippen molar-refractivity contribution in [2.45, 2.75) is 19.8 Å². The van der Waals surface area contributed by atoms with Crippen molar-refractivity contribution in [1.82, 2.24) is 10.0 Å². The Kier molecular flexibility index (Phi) is 5.34. The Balaban J connectivity index is 0.000001000. The number of hydrogen-bond acceptors (Lipinski definition) is 2. The third kappa shape index (κ3) is 3.12. The van der Waals surface area contributed by atoms with Gasteiger partial charge < -0.3 is 5.01 Å². The molecule has 1 aliphatic rings. The topological polar surface area (TPSA) is 6.48 Å². The minimum absolute atomic E-state index is 0. The Morgan fingerprint density at radius 1 is 1.45 bits per heavy atom. The van der Waals surface area contributed by atoms with Gasteiger partial charge in [0.1, 0.15) is 0 Å². The summed E-state index contributed by atoms with van der Waals surface area (Å²) >= 11 is 0. The molecule has 0 saturated heterocycles. The molecule has 2 nitrogen and oxygen atoms in total. The number of rotatable bonds is 3. The summed E-state index contributed by atoms with van der Waals surface area (Å²) in [6, 6.07) is 0. The number of halogens is 1. The number of hydrazine groups is 1. The average molecular weight is 177 g/mol. The van der Waals surface area contributed by atoms with E-state index in [9.17, 15) is 0 Å². The lowest BCUT2D eigenvalue weighted by molar-refractivity contribution is 0.0786. The Labute approximate surface area is 75.2 Å². The van der Waals surface area contributed by atoms with Gasteiger partial charge in [-0.2, -0.15) is 0 Å². The van der Waals surface area contributed by atoms with Gasteiger partial charge in [0.25, 0.3) is 0 Å². The highest BCUT2D eigenvalue weighted by Crippen LogP contribution is 2.05. The maximum absolute atomic E-state index is 2.34. The smallest absolute Gasteiger partial charge is 0.0378 e. The van der Waals surface area contributed by atoms with Gasteiger partial charge in [-0.1, -0.05) is 19.4 Å². The first-order valence-corrected chi connectivity index (χ1v) is 3.99. The van der Waals surface area contributed by atoms with Crippen LogP contribution in [0.2, 0.25) is 0 Å². The van der Waals surface area contributed by atoms with E-state index >= 15 is 0 Å². The van der Waals surface area contributed by atoms with Gasteiger partial charge in [-0.3, -0.25) is 0 Å². The van der Waals surface area contributed by atoms with Crippen molar-refractivity contribution >= 4 is 12.4 Å². The second-order valence-electron chi connectivity index (χ2n) is 2.72. The van der Waals surface area contributed by atoms with E-state index in [2.05, 4.69) is 36.3 Å². The fourth-order valence-electron chi connectivity index (χ4n) is 1.13. The molecule has 0 spiro atoms. The van der Waals surface area contributed by atoms with E-state index in [1.807, 2.05) is 0 Å². The minimum Gasteiger partial charge on any atom is -0.316 e. The van der Waals surface area contributed by atoms with Crippen LogP contribution in [0.25, 0.3) is 0 Å². The molecule has 0 atom stereocenters. The van der Waals surface area contributed by atoms with E-state index in [1.165, 1.54) is 19.4 Å². The number of hydrogen-bond donors (Lipinski definition) is 0. The summed E-state index contributed by atoms with van der Waals surface area (Å²) in [7, 11) is 2.10. The lowest BCUT2D eigenvalue weighted by atomic mass is 10.3. The molecule has 0 aromatic carbocycles. The van der Waals surface area contributed by atoms with Crippen LogP contribution in [0.1, 0.15) is 19.8 Å². The predicted molar refractivity (Wildman–Crippen MR) is 50.6 cm³/mol. The quantitative estimate of drug-likeness (QED) is 0.648. The molecule has 1 rings (SSSR count). The summed E-state index contributed by atoms with van der Waals surface area (Å²) in [6.07, 6.45) is 6.89. The first-order valence-electron chi connectivity index (χ1n) is 3.99. The molecule has 0 aromatic heterocycles. The zero-order chi connectivity index (χ0) is 7.40. The predicted octanol–water partition coefficient (Wildman–Crippen LogP) is 1.88. The van der Waals surface area contributed by atoms with Crippen molar-refractivity contribution < 1.29 is 0 Å². The van der Waals surface area contributed by atoms with Gasteiger partial charge in [-0.15, -0.1) is 12.4 Å². The van der Waals surface area contributed by atoms with Gasteiger partial charge in [-0.05, 0) is 6.42 Å². The van der Waals surface area contributed by atoms with E-state index < -0.39 is 0 Å². The monoisotopic (exact) mass is 176 g/mol. The molecular formula is C8H17ClN2. The summed E-state index contributed by atoms with van der Waals surface area (Å²) in [4.78, 5) is 0. The normalized spacial score (nSPS) is 17.1.